The van der Waals surface area contributed by atoms with Crippen LogP contribution in [0.4, 0.5) is 0 Å². The van der Waals surface area contributed by atoms with Gasteiger partial charge in [0.2, 0.25) is 5.91 Å². The fourth-order valence-electron chi connectivity index (χ4n) is 7.44. The number of amides is 1. The van der Waals surface area contributed by atoms with E-state index >= 15 is 0 Å². The summed E-state index contributed by atoms with van der Waals surface area (Å²) in [4.78, 5) is 12.4. The second-order valence-electron chi connectivity index (χ2n) is 16.1. The van der Waals surface area contributed by atoms with Crippen LogP contribution in [-0.4, -0.2) is 57.8 Å². The van der Waals surface area contributed by atoms with Crippen molar-refractivity contribution in [3.63, 3.8) is 0 Å². The molecule has 306 valence electrons. The zero-order chi connectivity index (χ0) is 37.3. The minimum atomic E-state index is -1.13. The van der Waals surface area contributed by atoms with Crippen LogP contribution in [0, 0.1) is 0 Å². The Morgan fingerprint density at radius 1 is 0.431 bits per heavy atom. The Morgan fingerprint density at radius 3 is 1.04 bits per heavy atom. The van der Waals surface area contributed by atoms with Gasteiger partial charge in [-0.15, -0.1) is 0 Å². The average Bonchev–Trinajstić information content (AvgIpc) is 3.13. The molecule has 0 spiro atoms. The lowest BCUT2D eigenvalue weighted by atomic mass is 9.99. The van der Waals surface area contributed by atoms with Gasteiger partial charge in [-0.3, -0.25) is 4.79 Å². The summed E-state index contributed by atoms with van der Waals surface area (Å²) in [5.41, 5.74) is 0. The molecule has 0 saturated carbocycles. The van der Waals surface area contributed by atoms with Crippen LogP contribution in [0.5, 0.6) is 0 Å². The van der Waals surface area contributed by atoms with Crippen molar-refractivity contribution in [2.45, 2.75) is 269 Å². The van der Waals surface area contributed by atoms with Gasteiger partial charge < -0.3 is 25.7 Å². The van der Waals surface area contributed by atoms with Crippen molar-refractivity contribution in [1.82, 2.24) is 5.32 Å². The van der Waals surface area contributed by atoms with Gasteiger partial charge in [0.15, 0.2) is 0 Å². The predicted molar refractivity (Wildman–Crippen MR) is 219 cm³/mol. The molecule has 0 radical (unpaired) electrons. The molecule has 6 heteroatoms. The van der Waals surface area contributed by atoms with Crippen molar-refractivity contribution >= 4 is 5.91 Å². The van der Waals surface area contributed by atoms with Crippen molar-refractivity contribution in [1.29, 1.82) is 0 Å². The van der Waals surface area contributed by atoms with Crippen LogP contribution in [0.25, 0.3) is 0 Å². The first-order valence-electron chi connectivity index (χ1n) is 22.9. The lowest BCUT2D eigenvalue weighted by Gasteiger charge is -2.26. The van der Waals surface area contributed by atoms with Crippen molar-refractivity contribution < 1.29 is 25.2 Å². The van der Waals surface area contributed by atoms with Gasteiger partial charge in [0.25, 0.3) is 0 Å². The Morgan fingerprint density at radius 2 is 0.725 bits per heavy atom. The van der Waals surface area contributed by atoms with E-state index in [1.807, 2.05) is 0 Å². The van der Waals surface area contributed by atoms with Crippen LogP contribution in [0.3, 0.4) is 0 Å². The molecule has 51 heavy (non-hydrogen) atoms. The van der Waals surface area contributed by atoms with Crippen LogP contribution >= 0.6 is 0 Å². The molecule has 5 N–H and O–H groups in total. The second-order valence-corrected chi connectivity index (χ2v) is 16.1. The van der Waals surface area contributed by atoms with Gasteiger partial charge in [0.1, 0.15) is 6.10 Å². The highest BCUT2D eigenvalue weighted by Crippen LogP contribution is 2.17. The number of aliphatic hydroxyl groups is 4. The van der Waals surface area contributed by atoms with Crippen LogP contribution in [0.2, 0.25) is 0 Å². The van der Waals surface area contributed by atoms with E-state index < -0.39 is 18.2 Å². The van der Waals surface area contributed by atoms with Gasteiger partial charge in [0, 0.05) is 13.0 Å². The normalized spacial score (nSPS) is 13.4. The molecule has 1 amide bonds. The molecule has 0 heterocycles. The summed E-state index contributed by atoms with van der Waals surface area (Å²) in [7, 11) is 0. The van der Waals surface area contributed by atoms with Crippen molar-refractivity contribution in [3.05, 3.63) is 0 Å². The Hall–Kier alpha value is -0.690. The fourth-order valence-corrected chi connectivity index (χ4v) is 7.44. The number of hydrogen-bond donors (Lipinski definition) is 5. The van der Waals surface area contributed by atoms with Crippen molar-refractivity contribution in [3.8, 4) is 0 Å². The highest BCUT2D eigenvalue weighted by atomic mass is 16.3. The molecule has 3 atom stereocenters. The third-order valence-electron chi connectivity index (χ3n) is 11.0. The van der Waals surface area contributed by atoms with Crippen LogP contribution in [0.15, 0.2) is 0 Å². The Kier molecular flexibility index (Phi) is 41.5. The topological polar surface area (TPSA) is 110 Å². The lowest BCUT2D eigenvalue weighted by Crippen LogP contribution is -2.50. The average molecular weight is 726 g/mol. The van der Waals surface area contributed by atoms with E-state index in [2.05, 4.69) is 12.2 Å². The minimum Gasteiger partial charge on any atom is -0.396 e. The zero-order valence-electron chi connectivity index (χ0n) is 34.2. The molecule has 0 aromatic rings. The molecular weight excluding hydrogens is 634 g/mol. The molecule has 0 bridgehead atoms. The number of hydrogen-bond acceptors (Lipinski definition) is 5. The number of carbonyl (C=O) groups excluding carboxylic acids is 1. The van der Waals surface area contributed by atoms with Crippen LogP contribution in [-0.2, 0) is 4.79 Å². The fraction of sp³-hybridized carbons (Fsp3) is 0.978. The maximum atomic E-state index is 12.4. The van der Waals surface area contributed by atoms with E-state index in [-0.39, 0.29) is 12.5 Å². The molecular formula is C45H91NO5. The van der Waals surface area contributed by atoms with Crippen LogP contribution < -0.4 is 5.32 Å². The number of rotatable bonds is 43. The van der Waals surface area contributed by atoms with E-state index in [1.165, 1.54) is 186 Å². The van der Waals surface area contributed by atoms with Gasteiger partial charge in [-0.25, -0.2) is 0 Å². The second kappa shape index (κ2) is 42.1. The zero-order valence-corrected chi connectivity index (χ0v) is 34.2. The van der Waals surface area contributed by atoms with Gasteiger partial charge in [-0.05, 0) is 19.3 Å². The molecule has 0 aromatic heterocycles. The Balaban J connectivity index is 3.50. The maximum absolute atomic E-state index is 12.4. The summed E-state index contributed by atoms with van der Waals surface area (Å²) in [5, 5.41) is 42.3. The maximum Gasteiger partial charge on any atom is 0.220 e. The highest BCUT2D eigenvalue weighted by molar-refractivity contribution is 5.76. The Labute approximate surface area is 318 Å². The minimum absolute atomic E-state index is 0.144. The molecule has 0 aromatic carbocycles. The van der Waals surface area contributed by atoms with Gasteiger partial charge in [-0.1, -0.05) is 225 Å². The van der Waals surface area contributed by atoms with E-state index in [4.69, 9.17) is 5.11 Å². The lowest BCUT2D eigenvalue weighted by molar-refractivity contribution is -0.124. The summed E-state index contributed by atoms with van der Waals surface area (Å²) in [6.07, 6.45) is 45.1. The molecule has 0 aliphatic carbocycles. The monoisotopic (exact) mass is 726 g/mol. The third-order valence-corrected chi connectivity index (χ3v) is 11.0. The SMILES string of the molecule is CCCCCCCCCCCCCC[C@@H](O)[C@@H](O)[C@H](CO)NC(=O)CCCCCCCCCCCCCCCCCCCCCCCCCCO. The summed E-state index contributed by atoms with van der Waals surface area (Å²) in [6, 6.07) is -0.806. The largest absolute Gasteiger partial charge is 0.396 e. The first-order valence-corrected chi connectivity index (χ1v) is 22.9. The highest BCUT2D eigenvalue weighted by Gasteiger charge is 2.26. The van der Waals surface area contributed by atoms with E-state index in [9.17, 15) is 20.1 Å². The molecule has 0 aliphatic rings. The molecule has 0 fully saturated rings. The first-order chi connectivity index (χ1) is 25.1. The summed E-state index contributed by atoms with van der Waals surface area (Å²) in [5.74, 6) is -0.144. The van der Waals surface area contributed by atoms with E-state index in [0.717, 1.165) is 44.9 Å². The summed E-state index contributed by atoms with van der Waals surface area (Å²) < 4.78 is 0. The molecule has 6 nitrogen and oxygen atoms in total. The van der Waals surface area contributed by atoms with Gasteiger partial charge in [-0.2, -0.15) is 0 Å². The molecule has 0 aliphatic heterocycles. The van der Waals surface area contributed by atoms with Crippen molar-refractivity contribution in [2.24, 2.45) is 0 Å². The number of nitrogens with one attached hydrogen (secondary N) is 1. The standard InChI is InChI=1S/C45H91NO5/c1-2-3-4-5-6-7-8-23-26-29-32-35-38-43(49)45(51)42(41-48)46-44(50)39-36-33-30-27-24-21-19-17-15-13-11-9-10-12-14-16-18-20-22-25-28-31-34-37-40-47/h42-43,45,47-49,51H,2-41H2,1H3,(H,46,50)/t42-,43+,45-/m0/s1. The Bertz CT molecular complexity index is 677. The first kappa shape index (κ1) is 50.3. The summed E-state index contributed by atoms with van der Waals surface area (Å²) in [6.45, 7) is 2.25. The van der Waals surface area contributed by atoms with E-state index in [0.29, 0.717) is 19.4 Å². The van der Waals surface area contributed by atoms with Gasteiger partial charge in [0.05, 0.1) is 18.8 Å². The van der Waals surface area contributed by atoms with Gasteiger partial charge >= 0.3 is 0 Å². The van der Waals surface area contributed by atoms with Crippen LogP contribution in [0.1, 0.15) is 251 Å². The quantitative estimate of drug-likeness (QED) is 0.0402. The molecule has 0 rings (SSSR count). The number of unbranched alkanes of at least 4 members (excludes halogenated alkanes) is 34. The molecule has 0 saturated heterocycles. The molecule has 0 unspecified atom stereocenters. The van der Waals surface area contributed by atoms with E-state index in [1.54, 1.807) is 0 Å². The summed E-state index contributed by atoms with van der Waals surface area (Å²) >= 11 is 0. The predicted octanol–water partition coefficient (Wildman–Crippen LogP) is 12.0. The smallest absolute Gasteiger partial charge is 0.220 e. The third kappa shape index (κ3) is 37.4. The number of carbonyl (C=O) groups is 1. The van der Waals surface area contributed by atoms with Crippen molar-refractivity contribution in [2.75, 3.05) is 13.2 Å². The number of aliphatic hydroxyl groups excluding tert-OH is 4.